The number of morpholine rings is 1. The summed E-state index contributed by atoms with van der Waals surface area (Å²) in [6, 6.07) is 5.93. The maximum absolute atomic E-state index is 12.9. The number of likely N-dealkylation sites (N-methyl/N-ethyl adjacent to an activating group) is 1. The molecular formula is C34H40N10O4S. The van der Waals surface area contributed by atoms with E-state index in [1.165, 1.54) is 16.2 Å². The zero-order valence-corrected chi connectivity index (χ0v) is 28.6. The van der Waals surface area contributed by atoms with Crippen molar-refractivity contribution in [2.75, 3.05) is 50.9 Å². The van der Waals surface area contributed by atoms with Gasteiger partial charge in [0.15, 0.2) is 28.9 Å². The van der Waals surface area contributed by atoms with Crippen LogP contribution in [0.5, 0.6) is 5.88 Å². The summed E-state index contributed by atoms with van der Waals surface area (Å²) in [6.45, 7) is 5.18. The minimum Gasteiger partial charge on any atom is -0.473 e. The van der Waals surface area contributed by atoms with Crippen molar-refractivity contribution in [3.8, 4) is 29.3 Å². The molecule has 14 nitrogen and oxygen atoms in total. The van der Waals surface area contributed by atoms with Gasteiger partial charge in [0.05, 0.1) is 24.2 Å². The summed E-state index contributed by atoms with van der Waals surface area (Å²) in [5.41, 5.74) is 9.01. The Bertz CT molecular complexity index is 1920. The van der Waals surface area contributed by atoms with Crippen LogP contribution in [0, 0.1) is 11.3 Å². The summed E-state index contributed by atoms with van der Waals surface area (Å²) in [4.78, 5) is 27.9. The van der Waals surface area contributed by atoms with Crippen LogP contribution < -0.4 is 15.8 Å². The summed E-state index contributed by atoms with van der Waals surface area (Å²) in [5, 5.41) is 22.8. The highest BCUT2D eigenvalue weighted by atomic mass is 32.1. The first kappa shape index (κ1) is 31.7. The molecule has 2 aliphatic carbocycles. The van der Waals surface area contributed by atoms with Crippen LogP contribution >= 0.6 is 11.3 Å². The zero-order valence-electron chi connectivity index (χ0n) is 27.8. The van der Waals surface area contributed by atoms with Gasteiger partial charge in [-0.3, -0.25) is 10.2 Å². The Morgan fingerprint density at radius 2 is 2.02 bits per heavy atom. The van der Waals surface area contributed by atoms with Gasteiger partial charge in [-0.25, -0.2) is 14.5 Å². The minimum absolute atomic E-state index is 0.118. The number of nitrogens with two attached hydrogens (primary N) is 1. The number of likely N-dealkylation sites (tertiary alicyclic amines) is 1. The highest BCUT2D eigenvalue weighted by molar-refractivity contribution is 7.16. The van der Waals surface area contributed by atoms with Gasteiger partial charge in [0, 0.05) is 47.9 Å². The van der Waals surface area contributed by atoms with Crippen molar-refractivity contribution in [3.63, 3.8) is 0 Å². The van der Waals surface area contributed by atoms with Crippen LogP contribution in [-0.2, 0) is 23.0 Å². The number of urea groups is 1. The number of rotatable bonds is 6. The quantitative estimate of drug-likeness (QED) is 0.292. The average Bonchev–Trinajstić information content (AvgIpc) is 3.91. The van der Waals surface area contributed by atoms with Crippen molar-refractivity contribution in [1.82, 2.24) is 34.7 Å². The number of amides is 2. The number of aryl methyl sites for hydroxylation is 1. The molecule has 1 spiro atoms. The minimum atomic E-state index is -0.459. The summed E-state index contributed by atoms with van der Waals surface area (Å²) in [5.74, 6) is 2.43. The van der Waals surface area contributed by atoms with E-state index in [1.54, 1.807) is 27.9 Å². The van der Waals surface area contributed by atoms with Crippen LogP contribution in [0.1, 0.15) is 72.8 Å². The van der Waals surface area contributed by atoms with E-state index >= 15 is 0 Å². The number of hydrogen-bond donors (Lipinski definition) is 2. The topological polar surface area (TPSA) is 173 Å². The molecule has 8 rings (SSSR count). The number of nitrogens with one attached hydrogen (secondary N) is 1. The molecule has 0 radical (unpaired) electrons. The molecule has 1 unspecified atom stereocenters. The second-order valence-corrected chi connectivity index (χ2v) is 14.6. The number of aromatic nitrogens is 5. The molecule has 3 N–H and O–H groups in total. The Morgan fingerprint density at radius 1 is 1.20 bits per heavy atom. The van der Waals surface area contributed by atoms with E-state index in [2.05, 4.69) is 40.5 Å². The summed E-state index contributed by atoms with van der Waals surface area (Å²) < 4.78 is 19.8. The molecule has 4 aliphatic rings. The number of carbonyl (C=O) groups excluding carboxylic acids is 1. The Morgan fingerprint density at radius 3 is 2.80 bits per heavy atom. The second-order valence-electron chi connectivity index (χ2n) is 13.5. The Kier molecular flexibility index (Phi) is 8.25. The molecule has 2 aliphatic heterocycles. The number of nitriles is 1. The lowest BCUT2D eigenvalue weighted by molar-refractivity contribution is 0.0564. The number of carbonyl (C=O) groups is 1. The average molecular weight is 685 g/mol. The maximum Gasteiger partial charge on any atom is 0.323 e. The van der Waals surface area contributed by atoms with E-state index in [0.717, 1.165) is 74.8 Å². The monoisotopic (exact) mass is 684 g/mol. The van der Waals surface area contributed by atoms with Gasteiger partial charge in [-0.05, 0) is 77.4 Å². The SMILES string of the molecule is C[C@H](Oc1cc(-n2ccc(NC(=O)N3CCOCC3)n2)nc(-c2noc3c2CCCC32CCCc3sc(N)c(C#N)c32)n1)[C@@H]1CCCN1C. The smallest absolute Gasteiger partial charge is 0.323 e. The molecule has 2 amide bonds. The lowest BCUT2D eigenvalue weighted by atomic mass is 9.63. The van der Waals surface area contributed by atoms with Crippen LogP contribution in [0.15, 0.2) is 22.9 Å². The van der Waals surface area contributed by atoms with Gasteiger partial charge in [-0.15, -0.1) is 16.4 Å². The first-order valence-electron chi connectivity index (χ1n) is 17.1. The second kappa shape index (κ2) is 12.7. The largest absolute Gasteiger partial charge is 0.473 e. The number of hydrogen-bond acceptors (Lipinski definition) is 12. The molecule has 4 aromatic heterocycles. The maximum atomic E-state index is 12.9. The molecule has 0 bridgehead atoms. The number of ether oxygens (including phenoxy) is 2. The van der Waals surface area contributed by atoms with Gasteiger partial charge in [-0.1, -0.05) is 5.16 Å². The standard InChI is InChI=1S/C34H40N10O4S/c1-20(23-7-5-12-42(23)2)47-27-18-26(44-13-9-25(40-44)37-33(45)43-14-16-46-17-15-43)38-32(39-27)29-21-6-3-10-34(30(21)48-41-29)11-4-8-24-28(34)22(19-35)31(36)49-24/h9,13,18,20,23H,3-8,10-12,14-17,36H2,1-2H3,(H,37,40,45)/t20-,23-,34?/m0/s1. The molecule has 0 saturated carbocycles. The molecule has 49 heavy (non-hydrogen) atoms. The molecule has 6 heterocycles. The molecular weight excluding hydrogens is 645 g/mol. The van der Waals surface area contributed by atoms with Crippen molar-refractivity contribution in [3.05, 3.63) is 45.7 Å². The van der Waals surface area contributed by atoms with Crippen molar-refractivity contribution < 1.29 is 18.8 Å². The fourth-order valence-electron chi connectivity index (χ4n) is 8.18. The number of nitrogen functional groups attached to an aromatic ring is 1. The Balaban J connectivity index is 1.17. The third-order valence-corrected chi connectivity index (χ3v) is 11.6. The predicted molar refractivity (Wildman–Crippen MR) is 182 cm³/mol. The number of nitrogens with zero attached hydrogens (tertiary/aromatic N) is 8. The third-order valence-electron chi connectivity index (χ3n) is 10.5. The first-order valence-corrected chi connectivity index (χ1v) is 17.9. The molecule has 0 aromatic carbocycles. The number of thiophene rings is 1. The summed E-state index contributed by atoms with van der Waals surface area (Å²) in [7, 11) is 2.12. The molecule has 256 valence electrons. The normalized spacial score (nSPS) is 22.8. The van der Waals surface area contributed by atoms with Gasteiger partial charge >= 0.3 is 6.03 Å². The van der Waals surface area contributed by atoms with Gasteiger partial charge < -0.3 is 24.6 Å². The molecule has 4 aromatic rings. The Hall–Kier alpha value is -4.52. The molecule has 3 atom stereocenters. The van der Waals surface area contributed by atoms with E-state index in [-0.39, 0.29) is 18.2 Å². The van der Waals surface area contributed by atoms with Crippen molar-refractivity contribution in [2.24, 2.45) is 0 Å². The van der Waals surface area contributed by atoms with Crippen LogP contribution in [0.2, 0.25) is 0 Å². The van der Waals surface area contributed by atoms with Crippen molar-refractivity contribution >= 4 is 28.2 Å². The summed E-state index contributed by atoms with van der Waals surface area (Å²) in [6.07, 6.45) is 9.07. The fourth-order valence-corrected chi connectivity index (χ4v) is 9.35. The number of fused-ring (bicyclic) bond motifs is 4. The first-order chi connectivity index (χ1) is 23.8. The van der Waals surface area contributed by atoms with Gasteiger partial charge in [0.25, 0.3) is 0 Å². The molecule has 2 fully saturated rings. The van der Waals surface area contributed by atoms with Crippen LogP contribution in [0.4, 0.5) is 15.6 Å². The van der Waals surface area contributed by atoms with Gasteiger partial charge in [-0.2, -0.15) is 10.2 Å². The zero-order chi connectivity index (χ0) is 33.7. The Labute approximate surface area is 288 Å². The van der Waals surface area contributed by atoms with Crippen LogP contribution in [-0.4, -0.2) is 92.8 Å². The molecule has 2 saturated heterocycles. The highest BCUT2D eigenvalue weighted by Crippen LogP contribution is 2.55. The van der Waals surface area contributed by atoms with E-state index in [9.17, 15) is 10.1 Å². The highest BCUT2D eigenvalue weighted by Gasteiger charge is 2.49. The third kappa shape index (κ3) is 5.61. The number of anilines is 2. The van der Waals surface area contributed by atoms with E-state index < -0.39 is 5.41 Å². The summed E-state index contributed by atoms with van der Waals surface area (Å²) >= 11 is 1.52. The predicted octanol–water partition coefficient (Wildman–Crippen LogP) is 4.52. The molecule has 15 heteroatoms. The van der Waals surface area contributed by atoms with Gasteiger partial charge in [0.2, 0.25) is 5.88 Å². The lowest BCUT2D eigenvalue weighted by Crippen LogP contribution is -2.43. The van der Waals surface area contributed by atoms with E-state index in [1.807, 2.05) is 0 Å². The van der Waals surface area contributed by atoms with E-state index in [0.29, 0.717) is 65.9 Å². The van der Waals surface area contributed by atoms with Crippen molar-refractivity contribution in [1.29, 1.82) is 5.26 Å². The fraction of sp³-hybridized carbons (Fsp3) is 0.529. The van der Waals surface area contributed by atoms with E-state index in [4.69, 9.17) is 29.7 Å². The van der Waals surface area contributed by atoms with Crippen molar-refractivity contribution in [2.45, 2.75) is 75.9 Å². The van der Waals surface area contributed by atoms with Crippen LogP contribution in [0.25, 0.3) is 17.3 Å². The van der Waals surface area contributed by atoms with Gasteiger partial charge in [0.1, 0.15) is 17.2 Å². The lowest BCUT2D eigenvalue weighted by Gasteiger charge is -2.39. The van der Waals surface area contributed by atoms with Crippen LogP contribution in [0.3, 0.4) is 0 Å².